The van der Waals surface area contributed by atoms with Gasteiger partial charge in [0.15, 0.2) is 0 Å². The first-order valence-electron chi connectivity index (χ1n) is 4.08. The molecule has 0 saturated carbocycles. The maximum absolute atomic E-state index is 9.86. The van der Waals surface area contributed by atoms with Crippen LogP contribution in [0.2, 0.25) is 0 Å². The van der Waals surface area contributed by atoms with Crippen LogP contribution < -0.4 is 0 Å². The minimum Gasteiger partial charge on any atom is -0.478 e. The molecule has 4 nitrogen and oxygen atoms in total. The summed E-state index contributed by atoms with van der Waals surface area (Å²) in [6.45, 7) is 6.78. The molecular formula is C10H14N2O2. The number of rotatable bonds is 2. The lowest BCUT2D eigenvalue weighted by Crippen LogP contribution is -1.93. The number of hydrogen-bond acceptors (Lipinski definition) is 2. The molecule has 0 aliphatic heterocycles. The van der Waals surface area contributed by atoms with E-state index in [2.05, 4.69) is 11.6 Å². The van der Waals surface area contributed by atoms with Crippen LogP contribution in [-0.4, -0.2) is 20.6 Å². The Hall–Kier alpha value is -1.84. The molecule has 0 aromatic carbocycles. The largest absolute Gasteiger partial charge is 0.478 e. The molecule has 0 fully saturated rings. The zero-order valence-corrected chi connectivity index (χ0v) is 8.34. The maximum atomic E-state index is 9.86. The van der Waals surface area contributed by atoms with Crippen LogP contribution in [0.3, 0.4) is 0 Å². The molecule has 0 aliphatic carbocycles. The third-order valence-corrected chi connectivity index (χ3v) is 1.51. The van der Waals surface area contributed by atoms with Crippen LogP contribution in [0.4, 0.5) is 0 Å². The topological polar surface area (TPSA) is 55.1 Å². The number of aliphatic carboxylic acids is 1. The van der Waals surface area contributed by atoms with E-state index in [0.29, 0.717) is 5.57 Å². The van der Waals surface area contributed by atoms with Crippen molar-refractivity contribution >= 4 is 12.2 Å². The van der Waals surface area contributed by atoms with Crippen LogP contribution in [0.5, 0.6) is 0 Å². The lowest BCUT2D eigenvalue weighted by atomic mass is 10.3. The molecule has 0 amide bonds. The summed E-state index contributed by atoms with van der Waals surface area (Å²) in [6, 6.07) is 0. The molecule has 0 aliphatic rings. The van der Waals surface area contributed by atoms with E-state index in [1.165, 1.54) is 0 Å². The maximum Gasteiger partial charge on any atom is 0.330 e. The van der Waals surface area contributed by atoms with Crippen molar-refractivity contribution in [1.82, 2.24) is 9.55 Å². The Labute approximate surface area is 83.2 Å². The smallest absolute Gasteiger partial charge is 0.330 e. The molecular weight excluding hydrogens is 180 g/mol. The molecule has 0 spiro atoms. The summed E-state index contributed by atoms with van der Waals surface area (Å²) in [4.78, 5) is 13.6. The number of allylic oxidation sites excluding steroid dienone is 1. The van der Waals surface area contributed by atoms with E-state index in [1.807, 2.05) is 6.20 Å². The van der Waals surface area contributed by atoms with Gasteiger partial charge in [-0.25, -0.2) is 9.78 Å². The van der Waals surface area contributed by atoms with Gasteiger partial charge in [0.1, 0.15) is 0 Å². The summed E-state index contributed by atoms with van der Waals surface area (Å²) in [6.07, 6.45) is 8.47. The number of carbonyl (C=O) groups is 1. The van der Waals surface area contributed by atoms with Crippen LogP contribution in [0.25, 0.3) is 6.20 Å². The van der Waals surface area contributed by atoms with Gasteiger partial charge in [0.05, 0.1) is 6.33 Å². The summed E-state index contributed by atoms with van der Waals surface area (Å²) < 4.78 is 1.78. The third kappa shape index (κ3) is 4.92. The number of nitrogens with zero attached hydrogens (tertiary/aromatic N) is 2. The predicted molar refractivity (Wildman–Crippen MR) is 55.7 cm³/mol. The number of aromatic nitrogens is 2. The normalized spacial score (nSPS) is 10.0. The first kappa shape index (κ1) is 12.2. The van der Waals surface area contributed by atoms with Gasteiger partial charge in [-0.3, -0.25) is 0 Å². The van der Waals surface area contributed by atoms with Crippen LogP contribution in [0.1, 0.15) is 13.8 Å². The van der Waals surface area contributed by atoms with Gasteiger partial charge >= 0.3 is 5.97 Å². The van der Waals surface area contributed by atoms with Gasteiger partial charge < -0.3 is 9.67 Å². The van der Waals surface area contributed by atoms with Crippen molar-refractivity contribution < 1.29 is 9.90 Å². The van der Waals surface area contributed by atoms with E-state index in [9.17, 15) is 4.79 Å². The molecule has 0 unspecified atom stereocenters. The quantitative estimate of drug-likeness (QED) is 0.733. The van der Waals surface area contributed by atoms with Gasteiger partial charge in [0.2, 0.25) is 0 Å². The molecule has 1 aromatic rings. The van der Waals surface area contributed by atoms with Crippen LogP contribution in [-0.2, 0) is 4.79 Å². The summed E-state index contributed by atoms with van der Waals surface area (Å²) in [5.74, 6) is -0.845. The fraction of sp³-hybridized carbons (Fsp3) is 0.200. The molecule has 1 aromatic heterocycles. The van der Waals surface area contributed by atoms with Crippen molar-refractivity contribution in [2.75, 3.05) is 0 Å². The molecule has 1 heterocycles. The van der Waals surface area contributed by atoms with Crippen molar-refractivity contribution in [2.45, 2.75) is 13.8 Å². The van der Waals surface area contributed by atoms with Crippen molar-refractivity contribution in [3.05, 3.63) is 36.9 Å². The van der Waals surface area contributed by atoms with Gasteiger partial charge in [-0.2, -0.15) is 0 Å². The van der Waals surface area contributed by atoms with Crippen molar-refractivity contribution in [1.29, 1.82) is 0 Å². The minimum absolute atomic E-state index is 0.389. The summed E-state index contributed by atoms with van der Waals surface area (Å²) >= 11 is 0. The molecule has 76 valence electrons. The van der Waals surface area contributed by atoms with E-state index in [-0.39, 0.29) is 0 Å². The minimum atomic E-state index is -0.845. The summed E-state index contributed by atoms with van der Waals surface area (Å²) in [7, 11) is 0. The van der Waals surface area contributed by atoms with Crippen LogP contribution in [0, 0.1) is 0 Å². The molecule has 14 heavy (non-hydrogen) atoms. The fourth-order valence-electron chi connectivity index (χ4n) is 0.501. The fourth-order valence-corrected chi connectivity index (χ4v) is 0.501. The van der Waals surface area contributed by atoms with Gasteiger partial charge in [0.25, 0.3) is 0 Å². The van der Waals surface area contributed by atoms with E-state index in [0.717, 1.165) is 0 Å². The Balaban J connectivity index is 0.000000241. The zero-order valence-electron chi connectivity index (χ0n) is 8.34. The van der Waals surface area contributed by atoms with E-state index in [1.54, 1.807) is 43.2 Å². The standard InChI is InChI=1S/C5H6N2.C5H8O2/c1-2-7-4-3-6-5-7;1-3-4(2)5(6)7/h2-5H,1H2;3H,1-2H3,(H,6,7). The Morgan fingerprint density at radius 3 is 2.43 bits per heavy atom. The first-order valence-corrected chi connectivity index (χ1v) is 4.08. The molecule has 0 saturated heterocycles. The molecule has 0 radical (unpaired) electrons. The van der Waals surface area contributed by atoms with Crippen LogP contribution in [0.15, 0.2) is 36.9 Å². The number of hydrogen-bond donors (Lipinski definition) is 1. The van der Waals surface area contributed by atoms with Gasteiger partial charge in [-0.1, -0.05) is 12.7 Å². The molecule has 1 N–H and O–H groups in total. The van der Waals surface area contributed by atoms with Crippen molar-refractivity contribution in [3.63, 3.8) is 0 Å². The van der Waals surface area contributed by atoms with E-state index >= 15 is 0 Å². The Morgan fingerprint density at radius 2 is 2.29 bits per heavy atom. The average molecular weight is 194 g/mol. The SMILES string of the molecule is C=Cn1ccnc1.CC=C(C)C(=O)O. The second-order valence-corrected chi connectivity index (χ2v) is 2.47. The molecule has 1 rings (SSSR count). The van der Waals surface area contributed by atoms with E-state index < -0.39 is 5.97 Å². The van der Waals surface area contributed by atoms with Crippen molar-refractivity contribution in [2.24, 2.45) is 0 Å². The summed E-state index contributed by atoms with van der Waals surface area (Å²) in [5.41, 5.74) is 0.389. The Kier molecular flexibility index (Phi) is 5.78. The molecule has 0 bridgehead atoms. The number of carboxylic acids is 1. The second-order valence-electron chi connectivity index (χ2n) is 2.47. The average Bonchev–Trinajstić information content (AvgIpc) is 2.69. The number of imidazole rings is 1. The molecule has 4 heteroatoms. The number of carboxylic acid groups (broad SMARTS) is 1. The highest BCUT2D eigenvalue weighted by Gasteiger charge is 1.93. The Morgan fingerprint density at radius 1 is 1.64 bits per heavy atom. The lowest BCUT2D eigenvalue weighted by molar-refractivity contribution is -0.132. The molecule has 0 atom stereocenters. The van der Waals surface area contributed by atoms with Gasteiger partial charge in [0, 0.05) is 24.2 Å². The highest BCUT2D eigenvalue weighted by molar-refractivity contribution is 5.85. The van der Waals surface area contributed by atoms with Gasteiger partial charge in [-0.05, 0) is 13.8 Å². The summed E-state index contributed by atoms with van der Waals surface area (Å²) in [5, 5.41) is 8.11. The third-order valence-electron chi connectivity index (χ3n) is 1.51. The van der Waals surface area contributed by atoms with E-state index in [4.69, 9.17) is 5.11 Å². The highest BCUT2D eigenvalue weighted by atomic mass is 16.4. The first-order chi connectivity index (χ1) is 6.61. The second kappa shape index (κ2) is 6.65. The van der Waals surface area contributed by atoms with Crippen LogP contribution >= 0.6 is 0 Å². The Bertz CT molecular complexity index is 313. The lowest BCUT2D eigenvalue weighted by Gasteiger charge is -1.84. The van der Waals surface area contributed by atoms with Gasteiger partial charge in [-0.15, -0.1) is 0 Å². The monoisotopic (exact) mass is 194 g/mol. The highest BCUT2D eigenvalue weighted by Crippen LogP contribution is 1.87. The zero-order chi connectivity index (χ0) is 11.0. The predicted octanol–water partition coefficient (Wildman–Crippen LogP) is 2.02. The van der Waals surface area contributed by atoms with Crippen molar-refractivity contribution in [3.8, 4) is 0 Å².